The Morgan fingerprint density at radius 1 is 1.17 bits per heavy atom. The van der Waals surface area contributed by atoms with Crippen LogP contribution < -0.4 is 10.6 Å². The van der Waals surface area contributed by atoms with E-state index in [1.54, 1.807) is 6.20 Å². The summed E-state index contributed by atoms with van der Waals surface area (Å²) in [5.41, 5.74) is 3.36. The highest BCUT2D eigenvalue weighted by atomic mass is 79.9. The smallest absolute Gasteiger partial charge is 0.0542 e. The van der Waals surface area contributed by atoms with E-state index in [-0.39, 0.29) is 6.04 Å². The number of aromatic nitrogens is 1. The molecule has 2 rings (SSSR count). The molecule has 3 nitrogen and oxygen atoms in total. The molecular weight excluding hydrogens is 290 g/mol. The minimum atomic E-state index is 0.231. The van der Waals surface area contributed by atoms with Gasteiger partial charge in [0, 0.05) is 29.4 Å². The molecule has 0 amide bonds. The molecule has 2 aromatic rings. The first kappa shape index (κ1) is 12.9. The quantitative estimate of drug-likeness (QED) is 0.894. The third-order valence-corrected chi connectivity index (χ3v) is 3.20. The molecule has 1 unspecified atom stereocenters. The van der Waals surface area contributed by atoms with E-state index >= 15 is 0 Å². The summed E-state index contributed by atoms with van der Waals surface area (Å²) in [4.78, 5) is 4.14. The normalized spacial score (nSPS) is 11.9. The van der Waals surface area contributed by atoms with Gasteiger partial charge in [0.15, 0.2) is 0 Å². The number of halogens is 1. The van der Waals surface area contributed by atoms with Crippen molar-refractivity contribution in [3.8, 4) is 0 Å². The zero-order chi connectivity index (χ0) is 13.0. The van der Waals surface area contributed by atoms with E-state index in [2.05, 4.69) is 62.7 Å². The van der Waals surface area contributed by atoms with E-state index in [4.69, 9.17) is 0 Å². The Balaban J connectivity index is 2.13. The van der Waals surface area contributed by atoms with Gasteiger partial charge >= 0.3 is 0 Å². The van der Waals surface area contributed by atoms with E-state index in [9.17, 15) is 0 Å². The summed E-state index contributed by atoms with van der Waals surface area (Å²) >= 11 is 3.42. The molecule has 0 aliphatic rings. The summed E-state index contributed by atoms with van der Waals surface area (Å²) in [6, 6.07) is 10.6. The fourth-order valence-electron chi connectivity index (χ4n) is 1.79. The maximum absolute atomic E-state index is 4.14. The standard InChI is InChI=1S/C14H16BrN3/c1-10(11-4-3-5-13(6-11)16-2)18-14-7-12(15)8-17-9-14/h3-10,16,18H,1-2H3. The van der Waals surface area contributed by atoms with Crippen LogP contribution in [0, 0.1) is 0 Å². The molecule has 0 spiro atoms. The van der Waals surface area contributed by atoms with Crippen molar-refractivity contribution >= 4 is 27.3 Å². The molecular formula is C14H16BrN3. The van der Waals surface area contributed by atoms with E-state index in [0.29, 0.717) is 0 Å². The van der Waals surface area contributed by atoms with Gasteiger partial charge in [0.2, 0.25) is 0 Å². The summed E-state index contributed by atoms with van der Waals surface area (Å²) in [6.07, 6.45) is 3.60. The molecule has 0 aliphatic heterocycles. The van der Waals surface area contributed by atoms with E-state index in [1.807, 2.05) is 19.3 Å². The SMILES string of the molecule is CNc1cccc(C(C)Nc2cncc(Br)c2)c1. The number of pyridine rings is 1. The maximum Gasteiger partial charge on any atom is 0.0542 e. The van der Waals surface area contributed by atoms with Crippen molar-refractivity contribution in [3.63, 3.8) is 0 Å². The molecule has 0 aliphatic carbocycles. The molecule has 4 heteroatoms. The van der Waals surface area contributed by atoms with Crippen LogP contribution in [0.25, 0.3) is 0 Å². The Labute approximate surface area is 116 Å². The molecule has 0 radical (unpaired) electrons. The van der Waals surface area contributed by atoms with Gasteiger partial charge in [0.05, 0.1) is 11.9 Å². The Morgan fingerprint density at radius 2 is 2.00 bits per heavy atom. The monoisotopic (exact) mass is 305 g/mol. The lowest BCUT2D eigenvalue weighted by molar-refractivity contribution is 0.883. The van der Waals surface area contributed by atoms with Crippen LogP contribution in [0.4, 0.5) is 11.4 Å². The number of anilines is 2. The molecule has 0 saturated heterocycles. The van der Waals surface area contributed by atoms with Crippen LogP contribution in [0.15, 0.2) is 47.2 Å². The van der Waals surface area contributed by atoms with Crippen LogP contribution >= 0.6 is 15.9 Å². The van der Waals surface area contributed by atoms with Gasteiger partial charge < -0.3 is 10.6 Å². The molecule has 2 N–H and O–H groups in total. The lowest BCUT2D eigenvalue weighted by atomic mass is 10.1. The number of nitrogens with one attached hydrogen (secondary N) is 2. The molecule has 1 atom stereocenters. The minimum absolute atomic E-state index is 0.231. The highest BCUT2D eigenvalue weighted by Crippen LogP contribution is 2.22. The second kappa shape index (κ2) is 5.87. The molecule has 0 fully saturated rings. The Morgan fingerprint density at radius 3 is 2.72 bits per heavy atom. The predicted octanol–water partition coefficient (Wildman–Crippen LogP) is 4.06. The second-order valence-electron chi connectivity index (χ2n) is 4.13. The number of hydrogen-bond donors (Lipinski definition) is 2. The number of benzene rings is 1. The van der Waals surface area contributed by atoms with Gasteiger partial charge in [-0.25, -0.2) is 0 Å². The summed E-state index contributed by atoms with van der Waals surface area (Å²) < 4.78 is 0.976. The zero-order valence-electron chi connectivity index (χ0n) is 10.4. The molecule has 1 aromatic carbocycles. The van der Waals surface area contributed by atoms with Crippen LogP contribution in [0.1, 0.15) is 18.5 Å². The lowest BCUT2D eigenvalue weighted by Crippen LogP contribution is -2.07. The van der Waals surface area contributed by atoms with Crippen molar-refractivity contribution in [2.75, 3.05) is 17.7 Å². The third-order valence-electron chi connectivity index (χ3n) is 2.76. The fraction of sp³-hybridized carbons (Fsp3) is 0.214. The average molecular weight is 306 g/mol. The van der Waals surface area contributed by atoms with Crippen LogP contribution in [-0.4, -0.2) is 12.0 Å². The van der Waals surface area contributed by atoms with Crippen LogP contribution in [0.5, 0.6) is 0 Å². The number of hydrogen-bond acceptors (Lipinski definition) is 3. The number of rotatable bonds is 4. The van der Waals surface area contributed by atoms with Gasteiger partial charge in [-0.15, -0.1) is 0 Å². The second-order valence-corrected chi connectivity index (χ2v) is 5.05. The van der Waals surface area contributed by atoms with Crippen molar-refractivity contribution < 1.29 is 0 Å². The molecule has 1 heterocycles. The summed E-state index contributed by atoms with van der Waals surface area (Å²) in [5, 5.41) is 6.58. The lowest BCUT2D eigenvalue weighted by Gasteiger charge is -2.16. The zero-order valence-corrected chi connectivity index (χ0v) is 12.0. The topological polar surface area (TPSA) is 37.0 Å². The largest absolute Gasteiger partial charge is 0.388 e. The molecule has 94 valence electrons. The van der Waals surface area contributed by atoms with Gasteiger partial charge in [-0.1, -0.05) is 12.1 Å². The first-order chi connectivity index (χ1) is 8.69. The fourth-order valence-corrected chi connectivity index (χ4v) is 2.15. The van der Waals surface area contributed by atoms with Crippen LogP contribution in [-0.2, 0) is 0 Å². The maximum atomic E-state index is 4.14. The number of nitrogens with zero attached hydrogens (tertiary/aromatic N) is 1. The summed E-state index contributed by atoms with van der Waals surface area (Å²) in [6.45, 7) is 2.13. The molecule has 0 saturated carbocycles. The van der Waals surface area contributed by atoms with Crippen molar-refractivity contribution in [1.29, 1.82) is 0 Å². The van der Waals surface area contributed by atoms with Crippen LogP contribution in [0.3, 0.4) is 0 Å². The van der Waals surface area contributed by atoms with Gasteiger partial charge in [-0.05, 0) is 46.6 Å². The Hall–Kier alpha value is -1.55. The van der Waals surface area contributed by atoms with Gasteiger partial charge in [-0.3, -0.25) is 4.98 Å². The molecule has 1 aromatic heterocycles. The molecule has 0 bridgehead atoms. The first-order valence-electron chi connectivity index (χ1n) is 5.84. The van der Waals surface area contributed by atoms with Crippen LogP contribution in [0.2, 0.25) is 0 Å². The highest BCUT2D eigenvalue weighted by molar-refractivity contribution is 9.10. The highest BCUT2D eigenvalue weighted by Gasteiger charge is 2.06. The summed E-state index contributed by atoms with van der Waals surface area (Å²) in [5.74, 6) is 0. The van der Waals surface area contributed by atoms with E-state index in [1.165, 1.54) is 5.56 Å². The summed E-state index contributed by atoms with van der Waals surface area (Å²) in [7, 11) is 1.93. The van der Waals surface area contributed by atoms with Gasteiger partial charge in [-0.2, -0.15) is 0 Å². The van der Waals surface area contributed by atoms with Gasteiger partial charge in [0.25, 0.3) is 0 Å². The van der Waals surface area contributed by atoms with Crippen molar-refractivity contribution in [1.82, 2.24) is 4.98 Å². The average Bonchev–Trinajstić information content (AvgIpc) is 2.39. The minimum Gasteiger partial charge on any atom is -0.388 e. The van der Waals surface area contributed by atoms with E-state index < -0.39 is 0 Å². The van der Waals surface area contributed by atoms with Crippen molar-refractivity contribution in [2.45, 2.75) is 13.0 Å². The van der Waals surface area contributed by atoms with Crippen molar-refractivity contribution in [3.05, 3.63) is 52.8 Å². The van der Waals surface area contributed by atoms with E-state index in [0.717, 1.165) is 15.8 Å². The Kier molecular flexibility index (Phi) is 4.20. The molecule has 18 heavy (non-hydrogen) atoms. The Bertz CT molecular complexity index is 528. The predicted molar refractivity (Wildman–Crippen MR) is 80.0 cm³/mol. The first-order valence-corrected chi connectivity index (χ1v) is 6.63. The van der Waals surface area contributed by atoms with Gasteiger partial charge in [0.1, 0.15) is 0 Å². The third kappa shape index (κ3) is 3.23. The van der Waals surface area contributed by atoms with Crippen molar-refractivity contribution in [2.24, 2.45) is 0 Å².